The second-order valence-corrected chi connectivity index (χ2v) is 16.1. The molecule has 0 saturated heterocycles. The predicted octanol–water partition coefficient (Wildman–Crippen LogP) is 8.96. The van der Waals surface area contributed by atoms with Gasteiger partial charge >= 0.3 is 0 Å². The summed E-state index contributed by atoms with van der Waals surface area (Å²) < 4.78 is 18.3. The summed E-state index contributed by atoms with van der Waals surface area (Å²) in [6.07, 6.45) is 11.2. The Kier molecular flexibility index (Phi) is 8.87. The number of likely N-dealkylation sites (N-methyl/N-ethyl adjacent to an activating group) is 2. The molecular weight excluding hydrogens is 559 g/mol. The summed E-state index contributed by atoms with van der Waals surface area (Å²) >= 11 is -1.14. The third kappa shape index (κ3) is 5.74. The van der Waals surface area contributed by atoms with Crippen molar-refractivity contribution in [3.05, 3.63) is 107 Å². The lowest BCUT2D eigenvalue weighted by Gasteiger charge is -2.29. The first-order valence-corrected chi connectivity index (χ1v) is 17.6. The summed E-state index contributed by atoms with van der Waals surface area (Å²) in [5.74, 6) is 0.619. The Balaban J connectivity index is 1.58. The quantitative estimate of drug-likeness (QED) is 0.221. The van der Waals surface area contributed by atoms with E-state index in [0.717, 1.165) is 31.6 Å². The van der Waals surface area contributed by atoms with E-state index in [4.69, 9.17) is 0 Å². The van der Waals surface area contributed by atoms with Crippen molar-refractivity contribution in [2.45, 2.75) is 86.0 Å². The van der Waals surface area contributed by atoms with Crippen molar-refractivity contribution in [3.63, 3.8) is 0 Å². The van der Waals surface area contributed by atoms with Crippen LogP contribution < -0.4 is 4.90 Å². The third-order valence-electron chi connectivity index (χ3n) is 9.56. The highest BCUT2D eigenvalue weighted by molar-refractivity contribution is 7.89. The molecule has 0 amide bonds. The van der Waals surface area contributed by atoms with Gasteiger partial charge in [-0.3, -0.25) is 0 Å². The molecule has 0 saturated carbocycles. The van der Waals surface area contributed by atoms with Crippen LogP contribution in [-0.2, 0) is 22.2 Å². The van der Waals surface area contributed by atoms with Crippen molar-refractivity contribution in [2.24, 2.45) is 5.41 Å². The molecule has 5 heteroatoms. The van der Waals surface area contributed by atoms with Crippen LogP contribution in [0.4, 0.5) is 11.4 Å². The van der Waals surface area contributed by atoms with E-state index in [-0.39, 0.29) is 16.2 Å². The minimum absolute atomic E-state index is 0.0292. The van der Waals surface area contributed by atoms with E-state index in [1.807, 2.05) is 11.4 Å². The lowest BCUT2D eigenvalue weighted by Crippen LogP contribution is -2.34. The molecule has 0 bridgehead atoms. The molecule has 1 atom stereocenters. The summed E-state index contributed by atoms with van der Waals surface area (Å²) in [5, 5.41) is 0. The normalized spacial score (nSPS) is 21.7. The molecule has 2 aliphatic heterocycles. The van der Waals surface area contributed by atoms with Crippen molar-refractivity contribution >= 4 is 28.4 Å². The zero-order valence-electron chi connectivity index (χ0n) is 28.6. The summed E-state index contributed by atoms with van der Waals surface area (Å²) in [6.45, 7) is 22.1. The lowest BCUT2D eigenvalue weighted by atomic mass is 9.81. The second-order valence-electron chi connectivity index (χ2n) is 14.6. The Morgan fingerprint density at radius 2 is 1.57 bits per heavy atom. The molecule has 234 valence electrons. The van der Waals surface area contributed by atoms with Gasteiger partial charge in [-0.25, -0.2) is 0 Å². The number of para-hydroxylation sites is 2. The maximum atomic E-state index is 13.8. The van der Waals surface area contributed by atoms with Gasteiger partial charge in [0.15, 0.2) is 5.71 Å². The number of rotatable bonds is 8. The van der Waals surface area contributed by atoms with Crippen LogP contribution in [-0.4, -0.2) is 45.0 Å². The third-order valence-corrected chi connectivity index (χ3v) is 11.5. The van der Waals surface area contributed by atoms with E-state index in [0.29, 0.717) is 5.75 Å². The molecule has 0 fully saturated rings. The molecule has 1 aliphatic carbocycles. The molecule has 44 heavy (non-hydrogen) atoms. The van der Waals surface area contributed by atoms with Gasteiger partial charge in [0.2, 0.25) is 5.69 Å². The van der Waals surface area contributed by atoms with Gasteiger partial charge in [-0.05, 0) is 69.4 Å². The molecule has 0 radical (unpaired) electrons. The van der Waals surface area contributed by atoms with Crippen molar-refractivity contribution < 1.29 is 9.13 Å². The minimum Gasteiger partial charge on any atom is -0.593 e. The average Bonchev–Trinajstić information content (AvgIpc) is 3.54. The number of nitrogens with zero attached hydrogens (tertiary/aromatic N) is 3. The number of hydrogen-bond donors (Lipinski definition) is 0. The summed E-state index contributed by atoms with van der Waals surface area (Å²) in [7, 11) is 2.02. The van der Waals surface area contributed by atoms with E-state index in [2.05, 4.69) is 145 Å². The van der Waals surface area contributed by atoms with Gasteiger partial charge in [-0.15, -0.1) is 0 Å². The zero-order valence-corrected chi connectivity index (χ0v) is 29.4. The maximum Gasteiger partial charge on any atom is 0.209 e. The van der Waals surface area contributed by atoms with Crippen LogP contribution in [0.5, 0.6) is 0 Å². The minimum atomic E-state index is -1.14. The Bertz CT molecular complexity index is 1580. The second kappa shape index (κ2) is 12.1. The topological polar surface area (TPSA) is 32.5 Å². The van der Waals surface area contributed by atoms with Crippen LogP contribution in [0.2, 0.25) is 0 Å². The molecule has 4 nitrogen and oxygen atoms in total. The molecular formula is C39H52N3OS+. The van der Waals surface area contributed by atoms with E-state index < -0.39 is 11.4 Å². The molecule has 2 aromatic carbocycles. The van der Waals surface area contributed by atoms with Crippen molar-refractivity contribution in [2.75, 3.05) is 30.8 Å². The van der Waals surface area contributed by atoms with Crippen molar-refractivity contribution in [1.82, 2.24) is 4.31 Å². The Hall–Kier alpha value is -3.02. The standard InChI is InChI=1S/C39H52N3OS/c1-11-41-32-19-15-13-17-30(32)38(6,7)34(41)25-23-28-21-22-29(36(28)40(10)44(43)27-37(3,4)5)24-26-35-39(8,9)31-18-14-16-20-33(31)42(35)12-2/h13-20,23-26H,11-12,21-22,27H2,1-10H3/q+1. The number of anilines is 1. The summed E-state index contributed by atoms with van der Waals surface area (Å²) in [6, 6.07) is 17.6. The monoisotopic (exact) mass is 610 g/mol. The Labute approximate surface area is 269 Å². The number of benzene rings is 2. The van der Waals surface area contributed by atoms with Gasteiger partial charge in [0.1, 0.15) is 12.3 Å². The van der Waals surface area contributed by atoms with Gasteiger partial charge in [-0.2, -0.15) is 8.88 Å². The van der Waals surface area contributed by atoms with E-state index in [1.165, 1.54) is 45.1 Å². The molecule has 5 rings (SSSR count). The van der Waals surface area contributed by atoms with Gasteiger partial charge in [0.05, 0.1) is 29.5 Å². The Morgan fingerprint density at radius 3 is 2.23 bits per heavy atom. The van der Waals surface area contributed by atoms with Crippen LogP contribution in [0.15, 0.2) is 95.4 Å². The SMILES string of the molecule is CCN1/C(=C/C=C2\CCC(/C=C/C3=[N+](CC)c4ccccc4C3(C)C)=C2N(C)[S+]([O-])CC(C)(C)C)C(C)(C)c2ccccc21. The molecule has 0 spiro atoms. The number of fused-ring (bicyclic) bond motifs is 2. The fourth-order valence-corrected chi connectivity index (χ4v) is 8.71. The van der Waals surface area contributed by atoms with Crippen molar-refractivity contribution in [3.8, 4) is 0 Å². The first kappa shape index (κ1) is 32.4. The van der Waals surface area contributed by atoms with Gasteiger partial charge in [-0.1, -0.05) is 83.2 Å². The van der Waals surface area contributed by atoms with Gasteiger partial charge in [0.25, 0.3) is 0 Å². The summed E-state index contributed by atoms with van der Waals surface area (Å²) in [5.41, 5.74) is 11.4. The summed E-state index contributed by atoms with van der Waals surface area (Å²) in [4.78, 5) is 2.45. The van der Waals surface area contributed by atoms with Gasteiger partial charge < -0.3 is 9.45 Å². The fourth-order valence-electron chi connectivity index (χ4n) is 7.33. The first-order chi connectivity index (χ1) is 20.7. The van der Waals surface area contributed by atoms with Gasteiger partial charge in [0, 0.05) is 46.5 Å². The molecule has 0 aromatic heterocycles. The number of allylic oxidation sites excluding steroid dienone is 7. The van der Waals surface area contributed by atoms with Crippen LogP contribution >= 0.6 is 0 Å². The van der Waals surface area contributed by atoms with Crippen LogP contribution in [0.25, 0.3) is 0 Å². The highest BCUT2D eigenvalue weighted by Crippen LogP contribution is 2.48. The molecule has 3 aliphatic rings. The zero-order chi connectivity index (χ0) is 32.0. The number of hydrogen-bond acceptors (Lipinski definition) is 3. The fraction of sp³-hybridized carbons (Fsp3) is 0.462. The van der Waals surface area contributed by atoms with Crippen molar-refractivity contribution in [1.29, 1.82) is 0 Å². The predicted molar refractivity (Wildman–Crippen MR) is 189 cm³/mol. The van der Waals surface area contributed by atoms with Crippen LogP contribution in [0, 0.1) is 5.41 Å². The first-order valence-electron chi connectivity index (χ1n) is 16.3. The molecule has 2 aromatic rings. The largest absolute Gasteiger partial charge is 0.593 e. The highest BCUT2D eigenvalue weighted by atomic mass is 32.2. The molecule has 2 heterocycles. The highest BCUT2D eigenvalue weighted by Gasteiger charge is 2.44. The smallest absolute Gasteiger partial charge is 0.209 e. The maximum absolute atomic E-state index is 13.8. The Morgan fingerprint density at radius 1 is 0.909 bits per heavy atom. The molecule has 1 unspecified atom stereocenters. The average molecular weight is 611 g/mol. The van der Waals surface area contributed by atoms with E-state index >= 15 is 0 Å². The van der Waals surface area contributed by atoms with Crippen LogP contribution in [0.1, 0.15) is 86.3 Å². The lowest BCUT2D eigenvalue weighted by molar-refractivity contribution is -0.433. The van der Waals surface area contributed by atoms with E-state index in [9.17, 15) is 4.55 Å². The van der Waals surface area contributed by atoms with E-state index in [1.54, 1.807) is 0 Å². The molecule has 0 N–H and O–H groups in total. The van der Waals surface area contributed by atoms with Crippen LogP contribution in [0.3, 0.4) is 0 Å².